The second kappa shape index (κ2) is 6.95. The average molecular weight is 399 g/mol. The summed E-state index contributed by atoms with van der Waals surface area (Å²) in [7, 11) is -2.31. The standard InChI is InChI=1S/C16H12Cl2N2O4S/c1-20-16(14(17)15(18)19-20)23-11-7-9-13(10-8-11)25(21,22)24-12-5-3-2-4-6-12/h2-10H,1H3. The van der Waals surface area contributed by atoms with E-state index in [4.69, 9.17) is 32.1 Å². The maximum Gasteiger partial charge on any atom is 0.339 e. The van der Waals surface area contributed by atoms with Gasteiger partial charge in [-0.25, -0.2) is 4.68 Å². The number of aryl methyl sites for hydroxylation is 1. The van der Waals surface area contributed by atoms with Gasteiger partial charge in [-0.3, -0.25) is 0 Å². The summed E-state index contributed by atoms with van der Waals surface area (Å²) in [6, 6.07) is 14.0. The monoisotopic (exact) mass is 398 g/mol. The molecule has 1 aromatic heterocycles. The zero-order valence-electron chi connectivity index (χ0n) is 12.9. The molecule has 25 heavy (non-hydrogen) atoms. The normalized spacial score (nSPS) is 11.3. The van der Waals surface area contributed by atoms with Crippen molar-refractivity contribution in [3.8, 4) is 17.4 Å². The molecule has 0 aliphatic carbocycles. The van der Waals surface area contributed by atoms with Crippen LogP contribution >= 0.6 is 23.2 Å². The van der Waals surface area contributed by atoms with Gasteiger partial charge in [0.15, 0.2) is 5.15 Å². The topological polar surface area (TPSA) is 70.4 Å². The highest BCUT2D eigenvalue weighted by atomic mass is 35.5. The molecule has 0 radical (unpaired) electrons. The van der Waals surface area contributed by atoms with Crippen molar-refractivity contribution in [2.75, 3.05) is 0 Å². The molecule has 0 saturated heterocycles. The Morgan fingerprint density at radius 2 is 1.60 bits per heavy atom. The first-order chi connectivity index (χ1) is 11.9. The second-order valence-electron chi connectivity index (χ2n) is 4.96. The molecule has 0 spiro atoms. The average Bonchev–Trinajstić information content (AvgIpc) is 2.82. The van der Waals surface area contributed by atoms with Crippen molar-refractivity contribution in [1.29, 1.82) is 0 Å². The minimum Gasteiger partial charge on any atom is -0.438 e. The molecule has 130 valence electrons. The smallest absolute Gasteiger partial charge is 0.339 e. The van der Waals surface area contributed by atoms with E-state index in [-0.39, 0.29) is 26.7 Å². The van der Waals surface area contributed by atoms with Crippen LogP contribution in [0, 0.1) is 0 Å². The molecule has 0 saturated carbocycles. The van der Waals surface area contributed by atoms with Crippen LogP contribution in [0.15, 0.2) is 59.5 Å². The highest BCUT2D eigenvalue weighted by molar-refractivity contribution is 7.87. The Labute approximate surface area is 154 Å². The molecular formula is C16H12Cl2N2O4S. The summed E-state index contributed by atoms with van der Waals surface area (Å²) in [5.74, 6) is 0.863. The fourth-order valence-electron chi connectivity index (χ4n) is 2.00. The fraction of sp³-hybridized carbons (Fsp3) is 0.0625. The predicted molar refractivity (Wildman–Crippen MR) is 94.0 cm³/mol. The van der Waals surface area contributed by atoms with Crippen LogP contribution in [0.1, 0.15) is 0 Å². The van der Waals surface area contributed by atoms with Crippen LogP contribution in [-0.4, -0.2) is 18.2 Å². The van der Waals surface area contributed by atoms with Crippen LogP contribution in [0.2, 0.25) is 10.2 Å². The molecule has 0 atom stereocenters. The van der Waals surface area contributed by atoms with Crippen molar-refractivity contribution >= 4 is 33.3 Å². The molecule has 0 aliphatic heterocycles. The lowest BCUT2D eigenvalue weighted by Crippen LogP contribution is -2.09. The van der Waals surface area contributed by atoms with Crippen molar-refractivity contribution in [3.05, 3.63) is 64.8 Å². The van der Waals surface area contributed by atoms with Crippen molar-refractivity contribution in [3.63, 3.8) is 0 Å². The number of rotatable bonds is 5. The van der Waals surface area contributed by atoms with E-state index in [2.05, 4.69) is 5.10 Å². The van der Waals surface area contributed by atoms with Crippen molar-refractivity contribution in [2.24, 2.45) is 7.05 Å². The summed E-state index contributed by atoms with van der Waals surface area (Å²) >= 11 is 11.8. The molecule has 3 aromatic rings. The molecule has 6 nitrogen and oxygen atoms in total. The largest absolute Gasteiger partial charge is 0.438 e. The highest BCUT2D eigenvalue weighted by Crippen LogP contribution is 2.34. The Morgan fingerprint density at radius 3 is 2.16 bits per heavy atom. The van der Waals surface area contributed by atoms with Crippen molar-refractivity contribution < 1.29 is 17.3 Å². The van der Waals surface area contributed by atoms with Gasteiger partial charge in [0.2, 0.25) is 5.88 Å². The first-order valence-electron chi connectivity index (χ1n) is 7.02. The lowest BCUT2D eigenvalue weighted by Gasteiger charge is -2.09. The Morgan fingerprint density at radius 1 is 0.960 bits per heavy atom. The molecule has 0 unspecified atom stereocenters. The Bertz CT molecular complexity index is 987. The maximum atomic E-state index is 12.3. The van der Waals surface area contributed by atoms with Crippen LogP contribution in [0.5, 0.6) is 17.4 Å². The number of ether oxygens (including phenoxy) is 1. The third-order valence-electron chi connectivity index (χ3n) is 3.18. The third kappa shape index (κ3) is 3.89. The van der Waals surface area contributed by atoms with Gasteiger partial charge in [-0.2, -0.15) is 13.5 Å². The summed E-state index contributed by atoms with van der Waals surface area (Å²) in [4.78, 5) is -0.00200. The lowest BCUT2D eigenvalue weighted by atomic mass is 10.3. The second-order valence-corrected chi connectivity index (χ2v) is 7.24. The zero-order valence-corrected chi connectivity index (χ0v) is 15.2. The first kappa shape index (κ1) is 17.6. The Balaban J connectivity index is 1.80. The summed E-state index contributed by atoms with van der Waals surface area (Å²) in [5.41, 5.74) is 0. The van der Waals surface area contributed by atoms with Crippen molar-refractivity contribution in [2.45, 2.75) is 4.90 Å². The van der Waals surface area contributed by atoms with Gasteiger partial charge in [0.05, 0.1) is 0 Å². The predicted octanol–water partition coefficient (Wildman–Crippen LogP) is 4.29. The maximum absolute atomic E-state index is 12.3. The number of para-hydroxylation sites is 1. The van der Waals surface area contributed by atoms with E-state index in [1.54, 1.807) is 37.4 Å². The number of aromatic nitrogens is 2. The Kier molecular flexibility index (Phi) is 4.89. The molecule has 0 N–H and O–H groups in total. The molecule has 0 amide bonds. The summed E-state index contributed by atoms with van der Waals surface area (Å²) in [5, 5.41) is 4.21. The van der Waals surface area contributed by atoms with Crippen molar-refractivity contribution in [1.82, 2.24) is 9.78 Å². The first-order valence-corrected chi connectivity index (χ1v) is 9.19. The minimum atomic E-state index is -3.94. The quantitative estimate of drug-likeness (QED) is 0.599. The van der Waals surface area contributed by atoms with E-state index < -0.39 is 10.1 Å². The van der Waals surface area contributed by atoms with E-state index in [1.807, 2.05) is 0 Å². The molecule has 0 bridgehead atoms. The highest BCUT2D eigenvalue weighted by Gasteiger charge is 2.18. The van der Waals surface area contributed by atoms with Crippen LogP contribution < -0.4 is 8.92 Å². The summed E-state index contributed by atoms with van der Waals surface area (Å²) < 4.78 is 36.6. The van der Waals surface area contributed by atoms with E-state index in [1.165, 1.54) is 28.9 Å². The van der Waals surface area contributed by atoms with Crippen LogP contribution in [0.3, 0.4) is 0 Å². The van der Waals surface area contributed by atoms with Crippen LogP contribution in [0.25, 0.3) is 0 Å². The van der Waals surface area contributed by atoms with E-state index in [0.717, 1.165) is 0 Å². The number of halogens is 2. The SMILES string of the molecule is Cn1nc(Cl)c(Cl)c1Oc1ccc(S(=O)(=O)Oc2ccccc2)cc1. The van der Waals surface area contributed by atoms with Crippen LogP contribution in [0.4, 0.5) is 0 Å². The molecule has 1 heterocycles. The van der Waals surface area contributed by atoms with Gasteiger partial charge in [0, 0.05) is 7.05 Å². The van der Waals surface area contributed by atoms with Gasteiger partial charge in [-0.15, -0.1) is 0 Å². The molecule has 0 aliphatic rings. The van der Waals surface area contributed by atoms with Gasteiger partial charge in [-0.1, -0.05) is 41.4 Å². The molecule has 3 rings (SSSR count). The van der Waals surface area contributed by atoms with Gasteiger partial charge in [0.25, 0.3) is 0 Å². The van der Waals surface area contributed by atoms with E-state index >= 15 is 0 Å². The lowest BCUT2D eigenvalue weighted by molar-refractivity contribution is 0.430. The number of hydrogen-bond donors (Lipinski definition) is 0. The number of hydrogen-bond acceptors (Lipinski definition) is 5. The molecule has 0 fully saturated rings. The minimum absolute atomic E-state index is 0.00200. The zero-order chi connectivity index (χ0) is 18.0. The fourth-order valence-corrected chi connectivity index (χ4v) is 3.32. The molecular weight excluding hydrogens is 387 g/mol. The van der Waals surface area contributed by atoms with E-state index in [0.29, 0.717) is 5.75 Å². The molecule has 2 aromatic carbocycles. The molecule has 9 heteroatoms. The number of benzene rings is 2. The van der Waals surface area contributed by atoms with Gasteiger partial charge in [-0.05, 0) is 36.4 Å². The number of nitrogens with zero attached hydrogens (tertiary/aromatic N) is 2. The summed E-state index contributed by atoms with van der Waals surface area (Å²) in [6.45, 7) is 0. The van der Waals surface area contributed by atoms with Crippen LogP contribution in [-0.2, 0) is 17.2 Å². The summed E-state index contributed by atoms with van der Waals surface area (Å²) in [6.07, 6.45) is 0. The van der Waals surface area contributed by atoms with Gasteiger partial charge < -0.3 is 8.92 Å². The third-order valence-corrected chi connectivity index (χ3v) is 5.14. The van der Waals surface area contributed by atoms with Gasteiger partial charge >= 0.3 is 10.1 Å². The van der Waals surface area contributed by atoms with E-state index in [9.17, 15) is 8.42 Å². The van der Waals surface area contributed by atoms with Gasteiger partial charge in [0.1, 0.15) is 21.4 Å². The Hall–Kier alpha value is -2.22.